The van der Waals surface area contributed by atoms with Gasteiger partial charge >= 0.3 is 0 Å². The summed E-state index contributed by atoms with van der Waals surface area (Å²) in [6.07, 6.45) is 6.06. The fourth-order valence-corrected chi connectivity index (χ4v) is 5.90. The second kappa shape index (κ2) is 9.78. The number of nitrogens with one attached hydrogen (secondary N) is 1. The van der Waals surface area contributed by atoms with Gasteiger partial charge in [0.2, 0.25) is 11.8 Å². The first kappa shape index (κ1) is 24.3. The molecule has 4 heterocycles. The van der Waals surface area contributed by atoms with Crippen LogP contribution in [-0.2, 0) is 25.7 Å². The number of pyridine rings is 1. The van der Waals surface area contributed by atoms with E-state index in [1.54, 1.807) is 0 Å². The molecule has 10 heteroatoms. The Hall–Kier alpha value is -4.73. The third-order valence-corrected chi connectivity index (χ3v) is 7.95. The molecule has 0 unspecified atom stereocenters. The molecule has 4 aromatic heterocycles. The summed E-state index contributed by atoms with van der Waals surface area (Å²) in [5.41, 5.74) is 9.98. The van der Waals surface area contributed by atoms with E-state index >= 15 is 0 Å². The van der Waals surface area contributed by atoms with Crippen LogP contribution in [-0.4, -0.2) is 45.4 Å². The van der Waals surface area contributed by atoms with Crippen molar-refractivity contribution < 1.29 is 4.42 Å². The van der Waals surface area contributed by atoms with Crippen LogP contribution in [0.25, 0.3) is 33.7 Å². The highest BCUT2D eigenvalue weighted by molar-refractivity contribution is 5.81. The van der Waals surface area contributed by atoms with E-state index in [2.05, 4.69) is 73.5 Å². The molecule has 0 amide bonds. The maximum atomic E-state index is 5.76. The molecule has 1 N–H and O–H groups in total. The van der Waals surface area contributed by atoms with Gasteiger partial charge in [0.25, 0.3) is 0 Å². The van der Waals surface area contributed by atoms with Gasteiger partial charge in [0.05, 0.1) is 12.5 Å². The summed E-state index contributed by atoms with van der Waals surface area (Å²) in [4.78, 5) is 10.0. The van der Waals surface area contributed by atoms with E-state index in [0.717, 1.165) is 70.5 Å². The Morgan fingerprint density at radius 1 is 1.00 bits per heavy atom. The van der Waals surface area contributed by atoms with Crippen LogP contribution in [0.4, 0.5) is 0 Å². The molecule has 1 aliphatic rings. The first-order valence-electron chi connectivity index (χ1n) is 13.8. The van der Waals surface area contributed by atoms with Crippen molar-refractivity contribution in [1.29, 1.82) is 0 Å². The average Bonchev–Trinajstić information content (AvgIpc) is 3.80. The molecule has 40 heavy (non-hydrogen) atoms. The van der Waals surface area contributed by atoms with Gasteiger partial charge < -0.3 is 8.98 Å². The molecule has 10 nitrogen and oxygen atoms in total. The molecule has 0 saturated heterocycles. The molecule has 0 aliphatic heterocycles. The Morgan fingerprint density at radius 3 is 2.62 bits per heavy atom. The van der Waals surface area contributed by atoms with Crippen molar-refractivity contribution in [1.82, 2.24) is 45.4 Å². The van der Waals surface area contributed by atoms with Gasteiger partial charge in [0.15, 0.2) is 11.5 Å². The zero-order valence-corrected chi connectivity index (χ0v) is 22.7. The fourth-order valence-electron chi connectivity index (χ4n) is 5.90. The van der Waals surface area contributed by atoms with E-state index in [4.69, 9.17) is 14.4 Å². The van der Waals surface area contributed by atoms with Gasteiger partial charge in [-0.25, -0.2) is 15.1 Å². The van der Waals surface area contributed by atoms with Crippen molar-refractivity contribution in [3.63, 3.8) is 0 Å². The van der Waals surface area contributed by atoms with Crippen LogP contribution in [0.15, 0.2) is 53.1 Å². The van der Waals surface area contributed by atoms with Crippen molar-refractivity contribution >= 4 is 11.2 Å². The SMILES string of the molecule is CCc1nnc(Cc2cnc3c(nc(CC)n3[C@H]3CCc4cc(-c5ccccc5-c5nnn[nH]5)ccc43)c2C)o1. The number of hydrogen-bond acceptors (Lipinski definition) is 8. The molecule has 0 saturated carbocycles. The Kier molecular flexibility index (Phi) is 5.95. The summed E-state index contributed by atoms with van der Waals surface area (Å²) < 4.78 is 8.11. The number of aromatic amines is 1. The number of rotatable bonds is 7. The van der Waals surface area contributed by atoms with Crippen molar-refractivity contribution in [2.24, 2.45) is 0 Å². The van der Waals surface area contributed by atoms with Gasteiger partial charge in [0, 0.05) is 24.6 Å². The lowest BCUT2D eigenvalue weighted by atomic mass is 9.96. The first-order valence-corrected chi connectivity index (χ1v) is 13.8. The third-order valence-electron chi connectivity index (χ3n) is 7.95. The van der Waals surface area contributed by atoms with Crippen LogP contribution in [0.5, 0.6) is 0 Å². The van der Waals surface area contributed by atoms with Crippen LogP contribution < -0.4 is 0 Å². The molecular weight excluding hydrogens is 502 g/mol. The van der Waals surface area contributed by atoms with Gasteiger partial charge in [-0.1, -0.05) is 56.3 Å². The second-order valence-electron chi connectivity index (χ2n) is 10.2. The van der Waals surface area contributed by atoms with Crippen LogP contribution in [0.3, 0.4) is 0 Å². The van der Waals surface area contributed by atoms with Gasteiger partial charge in [-0.3, -0.25) is 0 Å². The molecule has 0 spiro atoms. The third kappa shape index (κ3) is 3.98. The normalized spacial score (nSPS) is 14.7. The van der Waals surface area contributed by atoms with Gasteiger partial charge in [0.1, 0.15) is 11.3 Å². The molecule has 7 rings (SSSR count). The number of H-pyrrole nitrogens is 1. The molecule has 1 aliphatic carbocycles. The Labute approximate surface area is 230 Å². The van der Waals surface area contributed by atoms with Crippen molar-refractivity contribution in [3.05, 3.63) is 88.5 Å². The highest BCUT2D eigenvalue weighted by atomic mass is 16.4. The van der Waals surface area contributed by atoms with E-state index in [0.29, 0.717) is 24.0 Å². The maximum Gasteiger partial charge on any atom is 0.220 e. The van der Waals surface area contributed by atoms with Gasteiger partial charge in [-0.2, -0.15) is 0 Å². The number of nitrogens with zero attached hydrogens (tertiary/aromatic N) is 8. The van der Waals surface area contributed by atoms with E-state index in [-0.39, 0.29) is 6.04 Å². The molecule has 6 aromatic rings. The number of fused-ring (bicyclic) bond motifs is 2. The zero-order chi connectivity index (χ0) is 27.2. The van der Waals surface area contributed by atoms with Crippen molar-refractivity contribution in [2.45, 2.75) is 58.9 Å². The highest BCUT2D eigenvalue weighted by Gasteiger charge is 2.29. The molecule has 0 radical (unpaired) electrons. The lowest BCUT2D eigenvalue weighted by Crippen LogP contribution is -2.11. The van der Waals surface area contributed by atoms with Crippen LogP contribution in [0.2, 0.25) is 0 Å². The number of aromatic nitrogens is 9. The molecule has 0 fully saturated rings. The van der Waals surface area contributed by atoms with Crippen molar-refractivity contribution in [2.75, 3.05) is 0 Å². The molecule has 1 atom stereocenters. The summed E-state index contributed by atoms with van der Waals surface area (Å²) in [5, 5.41) is 22.9. The number of tetrazole rings is 1. The number of benzene rings is 2. The van der Waals surface area contributed by atoms with Gasteiger partial charge in [-0.15, -0.1) is 15.3 Å². The average molecular weight is 532 g/mol. The molecule has 200 valence electrons. The molecule has 2 aromatic carbocycles. The predicted molar refractivity (Wildman–Crippen MR) is 150 cm³/mol. The minimum absolute atomic E-state index is 0.193. The lowest BCUT2D eigenvalue weighted by molar-refractivity contribution is 0.462. The second-order valence-corrected chi connectivity index (χ2v) is 10.2. The Bertz CT molecular complexity index is 1830. The number of aryl methyl sites for hydroxylation is 4. The minimum atomic E-state index is 0.193. The summed E-state index contributed by atoms with van der Waals surface area (Å²) in [5.74, 6) is 2.98. The number of hydrogen-bond donors (Lipinski definition) is 1. The summed E-state index contributed by atoms with van der Waals surface area (Å²) in [6.45, 7) is 6.28. The monoisotopic (exact) mass is 531 g/mol. The predicted octanol–water partition coefficient (Wildman–Crippen LogP) is 5.22. The van der Waals surface area contributed by atoms with Crippen LogP contribution >= 0.6 is 0 Å². The molecule has 0 bridgehead atoms. The minimum Gasteiger partial charge on any atom is -0.425 e. The Balaban J connectivity index is 1.26. The standard InChI is InChI=1S/C30H29N9O/c1-4-25-32-28-17(3)20(15-27-34-33-26(5-2)40-27)16-31-30(28)39(25)24-13-11-19-14-18(10-12-22(19)24)21-8-6-7-9-23(21)29-35-37-38-36-29/h6-10,12,14,16,24H,4-5,11,13,15H2,1-3H3,(H,35,36,37,38)/t24-/m0/s1. The molecular formula is C30H29N9O. The first-order chi connectivity index (χ1) is 19.6. The van der Waals surface area contributed by atoms with E-state index < -0.39 is 0 Å². The summed E-state index contributed by atoms with van der Waals surface area (Å²) in [7, 11) is 0. The van der Waals surface area contributed by atoms with Crippen LogP contribution in [0.1, 0.15) is 66.2 Å². The summed E-state index contributed by atoms with van der Waals surface area (Å²) in [6, 6.07) is 15.2. The van der Waals surface area contributed by atoms with E-state index in [1.165, 1.54) is 11.1 Å². The van der Waals surface area contributed by atoms with E-state index in [9.17, 15) is 0 Å². The topological polar surface area (TPSA) is 124 Å². The maximum absolute atomic E-state index is 5.76. The lowest BCUT2D eigenvalue weighted by Gasteiger charge is -2.18. The Morgan fingerprint density at radius 2 is 1.85 bits per heavy atom. The quantitative estimate of drug-likeness (QED) is 0.297. The van der Waals surface area contributed by atoms with Crippen molar-refractivity contribution in [3.8, 4) is 22.5 Å². The smallest absolute Gasteiger partial charge is 0.220 e. The fraction of sp³-hybridized carbons (Fsp3) is 0.300. The van der Waals surface area contributed by atoms with Crippen LogP contribution in [0, 0.1) is 6.92 Å². The largest absolute Gasteiger partial charge is 0.425 e. The number of imidazole rings is 1. The van der Waals surface area contributed by atoms with E-state index in [1.807, 2.05) is 31.3 Å². The van der Waals surface area contributed by atoms with Gasteiger partial charge in [-0.05, 0) is 63.6 Å². The highest BCUT2D eigenvalue weighted by Crippen LogP contribution is 2.40. The zero-order valence-electron chi connectivity index (χ0n) is 22.7. The summed E-state index contributed by atoms with van der Waals surface area (Å²) >= 11 is 0.